The number of carbonyl (C=O) groups excluding carboxylic acids is 1. The van der Waals surface area contributed by atoms with E-state index in [1.54, 1.807) is 32.4 Å². The fourth-order valence-electron chi connectivity index (χ4n) is 2.39. The highest BCUT2D eigenvalue weighted by Crippen LogP contribution is 2.25. The van der Waals surface area contributed by atoms with Crippen LogP contribution < -0.4 is 10.1 Å². The zero-order valence-corrected chi connectivity index (χ0v) is 13.9. The predicted molar refractivity (Wildman–Crippen MR) is 90.2 cm³/mol. The van der Waals surface area contributed by atoms with Crippen LogP contribution in [0.25, 0.3) is 0 Å². The van der Waals surface area contributed by atoms with Crippen molar-refractivity contribution in [3.8, 4) is 11.5 Å². The number of ether oxygens (including phenoxy) is 3. The number of aromatic hydroxyl groups is 1. The summed E-state index contributed by atoms with van der Waals surface area (Å²) in [5, 5.41) is 12.3. The third kappa shape index (κ3) is 4.47. The summed E-state index contributed by atoms with van der Waals surface area (Å²) in [4.78, 5) is 12.3. The molecule has 2 rings (SSSR count). The summed E-state index contributed by atoms with van der Waals surface area (Å²) in [5.41, 5.74) is 2.14. The second kappa shape index (κ2) is 8.33. The van der Waals surface area contributed by atoms with Gasteiger partial charge in [0.15, 0.2) is 6.29 Å². The van der Waals surface area contributed by atoms with Gasteiger partial charge in [0.2, 0.25) is 5.91 Å². The van der Waals surface area contributed by atoms with Crippen LogP contribution in [0.3, 0.4) is 0 Å². The smallest absolute Gasteiger partial charge is 0.228 e. The number of rotatable bonds is 7. The SMILES string of the molecule is COc1cc(O)ccc1CC(=O)Nc1cccc(C(OC)OC)c1. The summed E-state index contributed by atoms with van der Waals surface area (Å²) in [6, 6.07) is 11.9. The van der Waals surface area contributed by atoms with E-state index in [0.29, 0.717) is 17.0 Å². The molecule has 0 radical (unpaired) electrons. The summed E-state index contributed by atoms with van der Waals surface area (Å²) in [7, 11) is 4.60. The third-order valence-corrected chi connectivity index (χ3v) is 3.49. The fourth-order valence-corrected chi connectivity index (χ4v) is 2.39. The largest absolute Gasteiger partial charge is 0.508 e. The Kier molecular flexibility index (Phi) is 6.17. The Morgan fingerprint density at radius 1 is 1.12 bits per heavy atom. The normalized spacial score (nSPS) is 10.7. The first-order valence-corrected chi connectivity index (χ1v) is 7.38. The molecule has 0 aromatic heterocycles. The lowest BCUT2D eigenvalue weighted by atomic mass is 10.1. The number of carbonyl (C=O) groups is 1. The minimum absolute atomic E-state index is 0.0916. The molecule has 1 amide bonds. The first-order chi connectivity index (χ1) is 11.6. The molecule has 0 fully saturated rings. The van der Waals surface area contributed by atoms with E-state index in [1.165, 1.54) is 19.2 Å². The molecule has 128 valence electrons. The van der Waals surface area contributed by atoms with Crippen LogP contribution in [0.2, 0.25) is 0 Å². The van der Waals surface area contributed by atoms with E-state index in [9.17, 15) is 9.90 Å². The number of hydrogen-bond acceptors (Lipinski definition) is 5. The van der Waals surface area contributed by atoms with Gasteiger partial charge in [0.1, 0.15) is 11.5 Å². The molecule has 0 heterocycles. The highest BCUT2D eigenvalue weighted by atomic mass is 16.7. The average molecular weight is 331 g/mol. The number of hydrogen-bond donors (Lipinski definition) is 2. The van der Waals surface area contributed by atoms with E-state index < -0.39 is 6.29 Å². The van der Waals surface area contributed by atoms with Crippen LogP contribution >= 0.6 is 0 Å². The molecule has 0 saturated heterocycles. The maximum Gasteiger partial charge on any atom is 0.228 e. The molecule has 2 aromatic rings. The maximum atomic E-state index is 12.3. The van der Waals surface area contributed by atoms with Crippen molar-refractivity contribution in [3.05, 3.63) is 53.6 Å². The van der Waals surface area contributed by atoms with Gasteiger partial charge in [-0.05, 0) is 18.2 Å². The van der Waals surface area contributed by atoms with Gasteiger partial charge in [-0.25, -0.2) is 0 Å². The van der Waals surface area contributed by atoms with Crippen molar-refractivity contribution in [1.29, 1.82) is 0 Å². The molecule has 0 atom stereocenters. The molecule has 0 aliphatic rings. The number of amides is 1. The van der Waals surface area contributed by atoms with Crippen LogP contribution in [0.4, 0.5) is 5.69 Å². The summed E-state index contributed by atoms with van der Waals surface area (Å²) in [6.07, 6.45) is -0.356. The standard InChI is InChI=1S/C18H21NO5/c1-22-16-11-15(20)8-7-12(16)10-17(21)19-14-6-4-5-13(9-14)18(23-2)24-3/h4-9,11,18,20H,10H2,1-3H3,(H,19,21). The minimum Gasteiger partial charge on any atom is -0.508 e. The van der Waals surface area contributed by atoms with Gasteiger partial charge in [0, 0.05) is 37.1 Å². The van der Waals surface area contributed by atoms with Crippen molar-refractivity contribution in [1.82, 2.24) is 0 Å². The van der Waals surface area contributed by atoms with Gasteiger partial charge >= 0.3 is 0 Å². The summed E-state index contributed by atoms with van der Waals surface area (Å²) < 4.78 is 15.6. The quantitative estimate of drug-likeness (QED) is 0.763. The van der Waals surface area contributed by atoms with Crippen LogP contribution in [-0.2, 0) is 20.7 Å². The first kappa shape index (κ1) is 17.8. The van der Waals surface area contributed by atoms with Crippen molar-refractivity contribution < 1.29 is 24.1 Å². The van der Waals surface area contributed by atoms with E-state index in [4.69, 9.17) is 14.2 Å². The summed E-state index contributed by atoms with van der Waals surface area (Å²) in [6.45, 7) is 0. The molecular formula is C18H21NO5. The second-order valence-corrected chi connectivity index (χ2v) is 5.15. The van der Waals surface area contributed by atoms with Crippen molar-refractivity contribution in [2.75, 3.05) is 26.6 Å². The highest BCUT2D eigenvalue weighted by Gasteiger charge is 2.12. The van der Waals surface area contributed by atoms with Gasteiger partial charge in [0.05, 0.1) is 13.5 Å². The number of nitrogens with one attached hydrogen (secondary N) is 1. The van der Waals surface area contributed by atoms with Crippen molar-refractivity contribution >= 4 is 11.6 Å². The molecule has 0 saturated carbocycles. The molecule has 2 aromatic carbocycles. The summed E-state index contributed by atoms with van der Waals surface area (Å²) >= 11 is 0. The average Bonchev–Trinajstić information content (AvgIpc) is 2.58. The Morgan fingerprint density at radius 2 is 1.88 bits per heavy atom. The molecule has 2 N–H and O–H groups in total. The molecule has 0 aliphatic heterocycles. The zero-order valence-electron chi connectivity index (χ0n) is 13.9. The van der Waals surface area contributed by atoms with Crippen LogP contribution in [0.15, 0.2) is 42.5 Å². The Labute approximate surface area is 141 Å². The van der Waals surface area contributed by atoms with E-state index in [1.807, 2.05) is 12.1 Å². The molecule has 6 nitrogen and oxygen atoms in total. The van der Waals surface area contributed by atoms with Gasteiger partial charge in [-0.1, -0.05) is 18.2 Å². The number of phenolic OH excluding ortho intramolecular Hbond substituents is 1. The predicted octanol–water partition coefficient (Wildman–Crippen LogP) is 2.87. The highest BCUT2D eigenvalue weighted by molar-refractivity contribution is 5.92. The maximum absolute atomic E-state index is 12.3. The molecule has 6 heteroatoms. The Morgan fingerprint density at radius 3 is 2.54 bits per heavy atom. The monoisotopic (exact) mass is 331 g/mol. The zero-order chi connectivity index (χ0) is 17.5. The molecule has 0 spiro atoms. The topological polar surface area (TPSA) is 77.0 Å². The molecular weight excluding hydrogens is 310 g/mol. The van der Waals surface area contributed by atoms with Crippen molar-refractivity contribution in [3.63, 3.8) is 0 Å². The van der Waals surface area contributed by atoms with Crippen LogP contribution in [0.1, 0.15) is 17.4 Å². The molecule has 0 aliphatic carbocycles. The fraction of sp³-hybridized carbons (Fsp3) is 0.278. The first-order valence-electron chi connectivity index (χ1n) is 7.38. The van der Waals surface area contributed by atoms with E-state index >= 15 is 0 Å². The van der Waals surface area contributed by atoms with Crippen molar-refractivity contribution in [2.24, 2.45) is 0 Å². The lowest BCUT2D eigenvalue weighted by Crippen LogP contribution is -2.15. The number of benzene rings is 2. The van der Waals surface area contributed by atoms with E-state index in [2.05, 4.69) is 5.32 Å². The summed E-state index contributed by atoms with van der Waals surface area (Å²) in [5.74, 6) is 0.370. The van der Waals surface area contributed by atoms with Gasteiger partial charge in [-0.2, -0.15) is 0 Å². The molecule has 0 unspecified atom stereocenters. The van der Waals surface area contributed by atoms with Gasteiger partial charge in [0.25, 0.3) is 0 Å². The van der Waals surface area contributed by atoms with Crippen molar-refractivity contribution in [2.45, 2.75) is 12.7 Å². The van der Waals surface area contributed by atoms with Gasteiger partial charge in [-0.15, -0.1) is 0 Å². The lowest BCUT2D eigenvalue weighted by molar-refractivity contribution is -0.115. The third-order valence-electron chi connectivity index (χ3n) is 3.49. The minimum atomic E-state index is -0.487. The molecule has 0 bridgehead atoms. The lowest BCUT2D eigenvalue weighted by Gasteiger charge is -2.15. The Bertz CT molecular complexity index is 698. The van der Waals surface area contributed by atoms with Crippen LogP contribution in [-0.4, -0.2) is 32.3 Å². The van der Waals surface area contributed by atoms with Crippen LogP contribution in [0, 0.1) is 0 Å². The number of phenols is 1. The van der Waals surface area contributed by atoms with Gasteiger partial charge < -0.3 is 24.6 Å². The second-order valence-electron chi connectivity index (χ2n) is 5.15. The van der Waals surface area contributed by atoms with E-state index in [-0.39, 0.29) is 18.1 Å². The Balaban J connectivity index is 2.09. The van der Waals surface area contributed by atoms with Gasteiger partial charge in [-0.3, -0.25) is 4.79 Å². The van der Waals surface area contributed by atoms with E-state index in [0.717, 1.165) is 5.56 Å². The number of anilines is 1. The molecule has 24 heavy (non-hydrogen) atoms. The number of methoxy groups -OCH3 is 3. The Hall–Kier alpha value is -2.57. The van der Waals surface area contributed by atoms with Crippen LogP contribution in [0.5, 0.6) is 11.5 Å².